The van der Waals surface area contributed by atoms with Crippen molar-refractivity contribution in [3.63, 3.8) is 0 Å². The van der Waals surface area contributed by atoms with Crippen LogP contribution in [-0.2, 0) is 14.8 Å². The van der Waals surface area contributed by atoms with Crippen LogP contribution in [0.4, 0.5) is 0 Å². The van der Waals surface area contributed by atoms with Crippen molar-refractivity contribution in [2.45, 2.75) is 68.7 Å². The molecule has 2 aliphatic rings. The van der Waals surface area contributed by atoms with E-state index in [1.54, 1.807) is 31.4 Å². The van der Waals surface area contributed by atoms with E-state index in [0.717, 1.165) is 32.1 Å². The average molecular weight is 409 g/mol. The highest BCUT2D eigenvalue weighted by molar-refractivity contribution is 7.89. The molecule has 1 aliphatic heterocycles. The summed E-state index contributed by atoms with van der Waals surface area (Å²) in [5.41, 5.74) is 0. The molecule has 7 heteroatoms. The van der Waals surface area contributed by atoms with E-state index in [0.29, 0.717) is 18.7 Å². The van der Waals surface area contributed by atoms with Crippen molar-refractivity contribution in [1.29, 1.82) is 0 Å². The fourth-order valence-corrected chi connectivity index (χ4v) is 5.71. The minimum absolute atomic E-state index is 0.0141. The summed E-state index contributed by atoms with van der Waals surface area (Å²) in [6, 6.07) is 6.66. The van der Waals surface area contributed by atoms with Crippen LogP contribution in [-0.4, -0.2) is 44.9 Å². The highest BCUT2D eigenvalue weighted by atomic mass is 32.2. The van der Waals surface area contributed by atoms with Gasteiger partial charge in [0, 0.05) is 19.1 Å². The molecule has 6 nitrogen and oxygen atoms in total. The first kappa shape index (κ1) is 21.1. The quantitative estimate of drug-likeness (QED) is 0.811. The Morgan fingerprint density at radius 1 is 1.00 bits per heavy atom. The molecule has 3 rings (SSSR count). The smallest absolute Gasteiger partial charge is 0.243 e. The summed E-state index contributed by atoms with van der Waals surface area (Å²) in [5.74, 6) is 0.362. The van der Waals surface area contributed by atoms with Crippen LogP contribution < -0.4 is 10.1 Å². The normalized spacial score (nSPS) is 22.8. The first-order chi connectivity index (χ1) is 13.5. The lowest BCUT2D eigenvalue weighted by Gasteiger charge is -2.32. The second kappa shape index (κ2) is 9.74. The molecule has 1 heterocycles. The van der Waals surface area contributed by atoms with E-state index < -0.39 is 10.0 Å². The fraction of sp³-hybridized carbons (Fsp3) is 0.667. The van der Waals surface area contributed by atoms with Crippen LogP contribution in [0.3, 0.4) is 0 Å². The largest absolute Gasteiger partial charge is 0.497 e. The Morgan fingerprint density at radius 3 is 2.29 bits per heavy atom. The van der Waals surface area contributed by atoms with Gasteiger partial charge < -0.3 is 10.1 Å². The molecule has 0 bridgehead atoms. The van der Waals surface area contributed by atoms with Gasteiger partial charge in [0.15, 0.2) is 0 Å². The summed E-state index contributed by atoms with van der Waals surface area (Å²) in [6.07, 6.45) is 9.61. The minimum Gasteiger partial charge on any atom is -0.497 e. The Hall–Kier alpha value is -1.60. The van der Waals surface area contributed by atoms with Crippen LogP contribution in [0.25, 0.3) is 0 Å². The van der Waals surface area contributed by atoms with E-state index in [1.807, 2.05) is 0 Å². The number of carbonyl (C=O) groups excluding carboxylic acids is 1. The molecule has 1 aromatic carbocycles. The van der Waals surface area contributed by atoms with Gasteiger partial charge in [0.25, 0.3) is 0 Å². The van der Waals surface area contributed by atoms with Crippen molar-refractivity contribution >= 4 is 15.9 Å². The Balaban J connectivity index is 1.62. The van der Waals surface area contributed by atoms with Gasteiger partial charge >= 0.3 is 0 Å². The van der Waals surface area contributed by atoms with Gasteiger partial charge in [0.2, 0.25) is 15.9 Å². The third-order valence-electron chi connectivity index (χ3n) is 5.90. The van der Waals surface area contributed by atoms with Crippen molar-refractivity contribution < 1.29 is 17.9 Å². The number of carbonyl (C=O) groups is 1. The summed E-state index contributed by atoms with van der Waals surface area (Å²) >= 11 is 0. The number of hydrogen-bond donors (Lipinski definition) is 1. The van der Waals surface area contributed by atoms with E-state index in [1.165, 1.54) is 23.6 Å². The molecule has 28 heavy (non-hydrogen) atoms. The molecule has 0 spiro atoms. The van der Waals surface area contributed by atoms with E-state index in [4.69, 9.17) is 4.74 Å². The van der Waals surface area contributed by atoms with E-state index in [9.17, 15) is 13.2 Å². The Morgan fingerprint density at radius 2 is 1.64 bits per heavy atom. The van der Waals surface area contributed by atoms with Crippen molar-refractivity contribution in [3.05, 3.63) is 24.3 Å². The SMILES string of the molecule is COc1ccc(S(=O)(=O)N2CCC[C@H](C(=O)NC3CCCCCCC3)C2)cc1. The highest BCUT2D eigenvalue weighted by Gasteiger charge is 2.33. The summed E-state index contributed by atoms with van der Waals surface area (Å²) < 4.78 is 32.5. The molecule has 0 radical (unpaired) electrons. The van der Waals surface area contributed by atoms with Crippen LogP contribution in [0.1, 0.15) is 57.8 Å². The van der Waals surface area contributed by atoms with Gasteiger partial charge in [0.1, 0.15) is 5.75 Å². The number of nitrogens with one attached hydrogen (secondary N) is 1. The Kier molecular flexibility index (Phi) is 7.35. The number of hydrogen-bond acceptors (Lipinski definition) is 4. The summed E-state index contributed by atoms with van der Waals surface area (Å²) in [5, 5.41) is 3.21. The maximum absolute atomic E-state index is 13.0. The topological polar surface area (TPSA) is 75.7 Å². The van der Waals surface area contributed by atoms with Gasteiger partial charge in [0.05, 0.1) is 17.9 Å². The summed E-state index contributed by atoms with van der Waals surface area (Å²) in [6.45, 7) is 0.717. The number of benzene rings is 1. The van der Waals surface area contributed by atoms with Crippen LogP contribution in [0.5, 0.6) is 5.75 Å². The number of piperidine rings is 1. The van der Waals surface area contributed by atoms with Gasteiger partial charge in [-0.25, -0.2) is 8.42 Å². The molecule has 1 aromatic rings. The van der Waals surface area contributed by atoms with Crippen LogP contribution in [0.2, 0.25) is 0 Å². The van der Waals surface area contributed by atoms with Gasteiger partial charge in [-0.3, -0.25) is 4.79 Å². The molecule has 0 unspecified atom stereocenters. The Labute approximate surface area is 168 Å². The third kappa shape index (κ3) is 5.26. The molecule has 1 N–H and O–H groups in total. The maximum Gasteiger partial charge on any atom is 0.243 e. The zero-order valence-corrected chi connectivity index (χ0v) is 17.5. The first-order valence-electron chi connectivity index (χ1n) is 10.5. The number of ether oxygens (including phenoxy) is 1. The average Bonchev–Trinajstić information content (AvgIpc) is 2.70. The number of nitrogens with zero attached hydrogens (tertiary/aromatic N) is 1. The van der Waals surface area contributed by atoms with Gasteiger partial charge in [-0.05, 0) is 49.9 Å². The molecule has 0 aromatic heterocycles. The number of rotatable bonds is 5. The van der Waals surface area contributed by atoms with Gasteiger partial charge in [-0.2, -0.15) is 4.31 Å². The molecular formula is C21H32N2O4S. The van der Waals surface area contributed by atoms with Crippen molar-refractivity contribution in [2.24, 2.45) is 5.92 Å². The molecule has 1 atom stereocenters. The monoisotopic (exact) mass is 408 g/mol. The van der Waals surface area contributed by atoms with Crippen molar-refractivity contribution in [2.75, 3.05) is 20.2 Å². The zero-order chi connectivity index (χ0) is 20.0. The molecule has 1 saturated carbocycles. The molecule has 2 fully saturated rings. The third-order valence-corrected chi connectivity index (χ3v) is 7.78. The maximum atomic E-state index is 13.0. The Bertz CT molecular complexity index is 740. The van der Waals surface area contributed by atoms with E-state index >= 15 is 0 Å². The van der Waals surface area contributed by atoms with Crippen LogP contribution in [0, 0.1) is 5.92 Å². The van der Waals surface area contributed by atoms with Crippen LogP contribution >= 0.6 is 0 Å². The lowest BCUT2D eigenvalue weighted by Crippen LogP contribution is -2.47. The van der Waals surface area contributed by atoms with E-state index in [2.05, 4.69) is 5.32 Å². The fourth-order valence-electron chi connectivity index (χ4n) is 4.19. The first-order valence-corrected chi connectivity index (χ1v) is 11.9. The molecule has 1 aliphatic carbocycles. The lowest BCUT2D eigenvalue weighted by molar-refractivity contribution is -0.126. The van der Waals surface area contributed by atoms with Crippen molar-refractivity contribution in [1.82, 2.24) is 9.62 Å². The minimum atomic E-state index is -3.60. The summed E-state index contributed by atoms with van der Waals surface area (Å²) in [7, 11) is -2.05. The van der Waals surface area contributed by atoms with Gasteiger partial charge in [-0.15, -0.1) is 0 Å². The molecule has 1 amide bonds. The summed E-state index contributed by atoms with van der Waals surface area (Å²) in [4.78, 5) is 13.1. The predicted molar refractivity (Wildman–Crippen MR) is 109 cm³/mol. The standard InChI is InChI=1S/C21H32N2O4S/c1-27-19-11-13-20(14-12-19)28(25,26)23-15-7-8-17(16-23)21(24)22-18-9-5-3-2-4-6-10-18/h11-14,17-18H,2-10,15-16H2,1H3,(H,22,24)/t17-/m0/s1. The number of sulfonamides is 1. The van der Waals surface area contributed by atoms with Gasteiger partial charge in [-0.1, -0.05) is 32.1 Å². The molecular weight excluding hydrogens is 376 g/mol. The van der Waals surface area contributed by atoms with Crippen LogP contribution in [0.15, 0.2) is 29.2 Å². The second-order valence-corrected chi connectivity index (χ2v) is 9.87. The van der Waals surface area contributed by atoms with Crippen molar-refractivity contribution in [3.8, 4) is 5.75 Å². The zero-order valence-electron chi connectivity index (χ0n) is 16.7. The highest BCUT2D eigenvalue weighted by Crippen LogP contribution is 2.26. The number of amides is 1. The molecule has 156 valence electrons. The number of methoxy groups -OCH3 is 1. The predicted octanol–water partition coefficient (Wildman–Crippen LogP) is 3.33. The van der Waals surface area contributed by atoms with E-state index in [-0.39, 0.29) is 29.3 Å². The second-order valence-electron chi connectivity index (χ2n) is 7.93. The molecule has 1 saturated heterocycles. The lowest BCUT2D eigenvalue weighted by atomic mass is 9.94.